The van der Waals surface area contributed by atoms with Crippen LogP contribution in [0.4, 0.5) is 0 Å². The highest BCUT2D eigenvalue weighted by molar-refractivity contribution is 8.18. The Labute approximate surface area is 157 Å². The second-order valence-corrected chi connectivity index (χ2v) is 7.41. The predicted octanol–water partition coefficient (Wildman–Crippen LogP) is 3.25. The smallest absolute Gasteiger partial charge is 0.260 e. The fraction of sp³-hybridized carbons (Fsp3) is 0.250. The molecule has 2 aliphatic heterocycles. The summed E-state index contributed by atoms with van der Waals surface area (Å²) in [6.45, 7) is 5.71. The molecule has 1 atom stereocenters. The van der Waals surface area contributed by atoms with E-state index in [1.807, 2.05) is 19.1 Å². The van der Waals surface area contributed by atoms with Crippen LogP contribution in [0.1, 0.15) is 29.7 Å². The number of nitrogens with zero attached hydrogens (tertiary/aromatic N) is 3. The summed E-state index contributed by atoms with van der Waals surface area (Å²) in [5.41, 5.74) is 4.24. The topological polar surface area (TPSA) is 57.6 Å². The molecular weight excluding hydrogens is 344 g/mol. The third kappa shape index (κ3) is 3.12. The van der Waals surface area contributed by atoms with E-state index in [-0.39, 0.29) is 11.9 Å². The first-order chi connectivity index (χ1) is 12.6. The molecule has 1 aromatic heterocycles. The molecule has 2 aliphatic rings. The van der Waals surface area contributed by atoms with Gasteiger partial charge >= 0.3 is 0 Å². The largest absolute Gasteiger partial charge is 0.341 e. The highest BCUT2D eigenvalue weighted by atomic mass is 32.2. The summed E-state index contributed by atoms with van der Waals surface area (Å²) in [6, 6.07) is 11.9. The molecule has 26 heavy (non-hydrogen) atoms. The molecule has 2 aromatic rings. The normalized spacial score (nSPS) is 17.2. The van der Waals surface area contributed by atoms with Crippen LogP contribution in [-0.2, 0) is 4.79 Å². The van der Waals surface area contributed by atoms with Gasteiger partial charge in [-0.3, -0.25) is 14.8 Å². The van der Waals surface area contributed by atoms with Gasteiger partial charge in [-0.25, -0.2) is 0 Å². The third-order valence-electron chi connectivity index (χ3n) is 4.66. The number of allylic oxidation sites excluding steroid dienone is 1. The Morgan fingerprint density at radius 1 is 1.12 bits per heavy atom. The van der Waals surface area contributed by atoms with E-state index in [0.717, 1.165) is 40.0 Å². The summed E-state index contributed by atoms with van der Waals surface area (Å²) in [4.78, 5) is 24.4. The second kappa shape index (κ2) is 6.96. The molecule has 5 nitrogen and oxygen atoms in total. The SMILES string of the molecule is CC1=C(C(=O)N[C@H](c2ccncc2)c2ccc(C)cc2)SC2=NCCN21. The van der Waals surface area contributed by atoms with Crippen molar-refractivity contribution >= 4 is 22.8 Å². The molecule has 4 rings (SSSR count). The van der Waals surface area contributed by atoms with Gasteiger partial charge in [-0.05, 0) is 48.9 Å². The molecule has 132 valence electrons. The summed E-state index contributed by atoms with van der Waals surface area (Å²) in [5.74, 6) is -0.0630. The zero-order valence-electron chi connectivity index (χ0n) is 14.8. The van der Waals surface area contributed by atoms with E-state index in [4.69, 9.17) is 0 Å². The number of carbonyl (C=O) groups excluding carboxylic acids is 1. The maximum absolute atomic E-state index is 13.0. The quantitative estimate of drug-likeness (QED) is 0.905. The fourth-order valence-electron chi connectivity index (χ4n) is 3.19. The monoisotopic (exact) mass is 364 g/mol. The number of thioether (sulfide) groups is 1. The van der Waals surface area contributed by atoms with Gasteiger partial charge in [-0.1, -0.05) is 29.8 Å². The molecular formula is C20H20N4OS. The van der Waals surface area contributed by atoms with Gasteiger partial charge in [0.25, 0.3) is 5.91 Å². The van der Waals surface area contributed by atoms with Crippen molar-refractivity contribution < 1.29 is 4.79 Å². The van der Waals surface area contributed by atoms with Gasteiger partial charge in [0.1, 0.15) is 0 Å². The van der Waals surface area contributed by atoms with Crippen LogP contribution in [-0.4, -0.2) is 34.0 Å². The molecule has 0 saturated heterocycles. The minimum atomic E-state index is -0.218. The Bertz CT molecular complexity index is 890. The maximum atomic E-state index is 13.0. The average molecular weight is 364 g/mol. The van der Waals surface area contributed by atoms with Crippen molar-refractivity contribution in [3.05, 3.63) is 76.1 Å². The maximum Gasteiger partial charge on any atom is 0.260 e. The fourth-order valence-corrected chi connectivity index (χ4v) is 4.28. The van der Waals surface area contributed by atoms with Crippen LogP contribution in [0.15, 0.2) is 64.4 Å². The number of aromatic nitrogens is 1. The molecule has 0 aliphatic carbocycles. The number of benzene rings is 1. The van der Waals surface area contributed by atoms with Gasteiger partial charge in [0.05, 0.1) is 17.5 Å². The van der Waals surface area contributed by atoms with Crippen LogP contribution in [0.3, 0.4) is 0 Å². The van der Waals surface area contributed by atoms with E-state index in [2.05, 4.69) is 51.4 Å². The number of hydrogen-bond donors (Lipinski definition) is 1. The van der Waals surface area contributed by atoms with Crippen LogP contribution in [0.5, 0.6) is 0 Å². The summed E-state index contributed by atoms with van der Waals surface area (Å²) in [7, 11) is 0. The lowest BCUT2D eigenvalue weighted by Crippen LogP contribution is -2.30. The highest BCUT2D eigenvalue weighted by Gasteiger charge is 2.33. The Hall–Kier alpha value is -2.60. The van der Waals surface area contributed by atoms with Gasteiger partial charge in [-0.2, -0.15) is 0 Å². The van der Waals surface area contributed by atoms with Crippen molar-refractivity contribution in [3.8, 4) is 0 Å². The number of fused-ring (bicyclic) bond motifs is 1. The Morgan fingerprint density at radius 2 is 1.81 bits per heavy atom. The number of hydrogen-bond acceptors (Lipinski definition) is 5. The molecule has 0 fully saturated rings. The van der Waals surface area contributed by atoms with Gasteiger partial charge in [0, 0.05) is 24.6 Å². The van der Waals surface area contributed by atoms with Crippen molar-refractivity contribution in [2.24, 2.45) is 4.99 Å². The lowest BCUT2D eigenvalue weighted by atomic mass is 9.98. The molecule has 1 aromatic carbocycles. The zero-order chi connectivity index (χ0) is 18.1. The van der Waals surface area contributed by atoms with Gasteiger partial charge in [-0.15, -0.1) is 0 Å². The number of nitrogens with one attached hydrogen (secondary N) is 1. The number of aliphatic imine (C=N–C) groups is 1. The Balaban J connectivity index is 1.63. The second-order valence-electron chi connectivity index (χ2n) is 6.43. The van der Waals surface area contributed by atoms with E-state index in [0.29, 0.717) is 0 Å². The molecule has 3 heterocycles. The number of rotatable bonds is 4. The number of amidine groups is 1. The molecule has 0 spiro atoms. The van der Waals surface area contributed by atoms with Crippen molar-refractivity contribution in [3.63, 3.8) is 0 Å². The zero-order valence-corrected chi connectivity index (χ0v) is 15.6. The first-order valence-corrected chi connectivity index (χ1v) is 9.43. The lowest BCUT2D eigenvalue weighted by Gasteiger charge is -2.20. The van der Waals surface area contributed by atoms with Crippen LogP contribution in [0, 0.1) is 6.92 Å². The van der Waals surface area contributed by atoms with E-state index < -0.39 is 0 Å². The molecule has 6 heteroatoms. The van der Waals surface area contributed by atoms with E-state index >= 15 is 0 Å². The number of aryl methyl sites for hydroxylation is 1. The van der Waals surface area contributed by atoms with Crippen LogP contribution >= 0.6 is 11.8 Å². The van der Waals surface area contributed by atoms with E-state index in [1.165, 1.54) is 17.3 Å². The number of amides is 1. The third-order valence-corrected chi connectivity index (χ3v) is 5.88. The summed E-state index contributed by atoms with van der Waals surface area (Å²) in [6.07, 6.45) is 3.50. The van der Waals surface area contributed by atoms with Crippen molar-refractivity contribution in [2.45, 2.75) is 19.9 Å². The van der Waals surface area contributed by atoms with Crippen molar-refractivity contribution in [1.29, 1.82) is 0 Å². The number of carbonyl (C=O) groups is 1. The van der Waals surface area contributed by atoms with Crippen LogP contribution in [0.25, 0.3) is 0 Å². The minimum Gasteiger partial charge on any atom is -0.341 e. The van der Waals surface area contributed by atoms with Crippen molar-refractivity contribution in [1.82, 2.24) is 15.2 Å². The number of pyridine rings is 1. The average Bonchev–Trinajstić information content (AvgIpc) is 3.24. The molecule has 0 bridgehead atoms. The molecule has 0 radical (unpaired) electrons. The lowest BCUT2D eigenvalue weighted by molar-refractivity contribution is -0.117. The molecule has 1 amide bonds. The highest BCUT2D eigenvalue weighted by Crippen LogP contribution is 2.36. The van der Waals surface area contributed by atoms with Crippen LogP contribution < -0.4 is 5.32 Å². The summed E-state index contributed by atoms with van der Waals surface area (Å²) >= 11 is 1.46. The first kappa shape index (κ1) is 16.8. The summed E-state index contributed by atoms with van der Waals surface area (Å²) in [5, 5.41) is 4.14. The van der Waals surface area contributed by atoms with Gasteiger partial charge in [0.2, 0.25) is 0 Å². The minimum absolute atomic E-state index is 0.0630. The standard InChI is InChI=1S/C20H20N4OS/c1-13-3-5-15(6-4-13)17(16-7-9-21-10-8-16)23-19(25)18-14(2)24-12-11-22-20(24)26-18/h3-10,17H,11-12H2,1-2H3,(H,23,25)/t17-/m0/s1. The Morgan fingerprint density at radius 3 is 2.50 bits per heavy atom. The van der Waals surface area contributed by atoms with Crippen molar-refractivity contribution in [2.75, 3.05) is 13.1 Å². The van der Waals surface area contributed by atoms with Gasteiger partial charge < -0.3 is 10.2 Å². The Kier molecular flexibility index (Phi) is 4.51. The van der Waals surface area contributed by atoms with E-state index in [1.54, 1.807) is 12.4 Å². The van der Waals surface area contributed by atoms with Crippen LogP contribution in [0.2, 0.25) is 0 Å². The molecule has 0 saturated carbocycles. The molecule has 0 unspecified atom stereocenters. The van der Waals surface area contributed by atoms with E-state index in [9.17, 15) is 4.79 Å². The predicted molar refractivity (Wildman–Crippen MR) is 105 cm³/mol. The summed E-state index contributed by atoms with van der Waals surface area (Å²) < 4.78 is 0. The van der Waals surface area contributed by atoms with Gasteiger partial charge in [0.15, 0.2) is 5.17 Å². The molecule has 1 N–H and O–H groups in total. The first-order valence-electron chi connectivity index (χ1n) is 8.61.